The molecule has 1 saturated carbocycles. The molecule has 0 unspecified atom stereocenters. The number of aromatic nitrogens is 1. The van der Waals surface area contributed by atoms with Crippen LogP contribution < -0.4 is 10.6 Å². The quantitative estimate of drug-likeness (QED) is 0.860. The van der Waals surface area contributed by atoms with E-state index in [9.17, 15) is 4.79 Å². The molecular formula is C15H17N3O2S. The summed E-state index contributed by atoms with van der Waals surface area (Å²) in [4.78, 5) is 19.5. The number of methoxy groups -OCH3 is 1. The summed E-state index contributed by atoms with van der Waals surface area (Å²) in [6, 6.07) is 7.90. The zero-order chi connectivity index (χ0) is 14.8. The van der Waals surface area contributed by atoms with Gasteiger partial charge in [-0.1, -0.05) is 6.07 Å². The van der Waals surface area contributed by atoms with Crippen LogP contribution in [0.2, 0.25) is 0 Å². The van der Waals surface area contributed by atoms with Crippen LogP contribution in [0, 0.1) is 0 Å². The van der Waals surface area contributed by atoms with Crippen molar-refractivity contribution in [3.63, 3.8) is 0 Å². The van der Waals surface area contributed by atoms with Gasteiger partial charge in [0, 0.05) is 10.9 Å². The zero-order valence-electron chi connectivity index (χ0n) is 11.8. The molecule has 0 saturated heterocycles. The Bertz CT molecular complexity index is 638. The van der Waals surface area contributed by atoms with Gasteiger partial charge in [-0.2, -0.15) is 0 Å². The Morgan fingerprint density at radius 3 is 2.90 bits per heavy atom. The maximum atomic E-state index is 11.7. The Balaban J connectivity index is 1.93. The number of ether oxygens (including phenoxy) is 1. The molecule has 2 aromatic heterocycles. The SMILES string of the molecule is COC(=O)c1ccc(N)c(N(Cc2cccs2)C2CC2)n1. The number of anilines is 2. The summed E-state index contributed by atoms with van der Waals surface area (Å²) in [5.41, 5.74) is 6.95. The van der Waals surface area contributed by atoms with Crippen molar-refractivity contribution >= 4 is 28.8 Å². The van der Waals surface area contributed by atoms with E-state index in [0.717, 1.165) is 19.4 Å². The molecule has 2 aromatic rings. The summed E-state index contributed by atoms with van der Waals surface area (Å²) in [6.07, 6.45) is 2.27. The topological polar surface area (TPSA) is 68.5 Å². The molecule has 2 N–H and O–H groups in total. The molecular weight excluding hydrogens is 286 g/mol. The lowest BCUT2D eigenvalue weighted by Crippen LogP contribution is -2.27. The largest absolute Gasteiger partial charge is 0.464 e. The first-order chi connectivity index (χ1) is 10.2. The third-order valence-corrected chi connectivity index (χ3v) is 4.33. The van der Waals surface area contributed by atoms with E-state index in [2.05, 4.69) is 21.3 Å². The minimum absolute atomic E-state index is 0.290. The number of thiophene rings is 1. The van der Waals surface area contributed by atoms with Gasteiger partial charge in [-0.25, -0.2) is 9.78 Å². The van der Waals surface area contributed by atoms with E-state index in [4.69, 9.17) is 10.5 Å². The van der Waals surface area contributed by atoms with E-state index < -0.39 is 5.97 Å². The highest BCUT2D eigenvalue weighted by molar-refractivity contribution is 7.09. The normalized spacial score (nSPS) is 14.0. The maximum Gasteiger partial charge on any atom is 0.356 e. The second kappa shape index (κ2) is 5.73. The summed E-state index contributed by atoms with van der Waals surface area (Å²) in [6.45, 7) is 0.768. The van der Waals surface area contributed by atoms with Crippen molar-refractivity contribution in [2.75, 3.05) is 17.7 Å². The highest BCUT2D eigenvalue weighted by Gasteiger charge is 2.31. The molecule has 0 aromatic carbocycles. The van der Waals surface area contributed by atoms with Gasteiger partial charge in [0.15, 0.2) is 11.5 Å². The number of nitrogen functional groups attached to an aromatic ring is 1. The van der Waals surface area contributed by atoms with E-state index in [1.54, 1.807) is 23.5 Å². The number of pyridine rings is 1. The summed E-state index contributed by atoms with van der Waals surface area (Å²) >= 11 is 1.71. The van der Waals surface area contributed by atoms with E-state index in [-0.39, 0.29) is 0 Å². The summed E-state index contributed by atoms with van der Waals surface area (Å²) < 4.78 is 4.73. The molecule has 6 heteroatoms. The molecule has 1 aliphatic carbocycles. The molecule has 21 heavy (non-hydrogen) atoms. The van der Waals surface area contributed by atoms with Crippen LogP contribution >= 0.6 is 11.3 Å². The molecule has 3 rings (SSSR count). The number of nitrogens with zero attached hydrogens (tertiary/aromatic N) is 2. The van der Waals surface area contributed by atoms with Crippen molar-refractivity contribution in [3.05, 3.63) is 40.2 Å². The average molecular weight is 303 g/mol. The fourth-order valence-electron chi connectivity index (χ4n) is 2.24. The molecule has 0 radical (unpaired) electrons. The second-order valence-electron chi connectivity index (χ2n) is 5.04. The standard InChI is InChI=1S/C15H17N3O2S/c1-20-15(19)13-7-6-12(16)14(17-13)18(10-4-5-10)9-11-3-2-8-21-11/h2-3,6-8,10H,4-5,9,16H2,1H3. The van der Waals surface area contributed by atoms with Crippen molar-refractivity contribution in [1.29, 1.82) is 0 Å². The highest BCUT2D eigenvalue weighted by Crippen LogP contribution is 2.35. The van der Waals surface area contributed by atoms with Crippen LogP contribution in [0.4, 0.5) is 11.5 Å². The van der Waals surface area contributed by atoms with Crippen LogP contribution in [-0.4, -0.2) is 24.1 Å². The van der Waals surface area contributed by atoms with Crippen LogP contribution in [0.1, 0.15) is 28.2 Å². The van der Waals surface area contributed by atoms with Crippen molar-refractivity contribution in [3.8, 4) is 0 Å². The Hall–Kier alpha value is -2.08. The van der Waals surface area contributed by atoms with Crippen molar-refractivity contribution in [1.82, 2.24) is 4.98 Å². The van der Waals surface area contributed by atoms with Crippen LogP contribution in [0.5, 0.6) is 0 Å². The monoisotopic (exact) mass is 303 g/mol. The maximum absolute atomic E-state index is 11.7. The predicted octanol–water partition coefficient (Wildman–Crippen LogP) is 2.68. The third kappa shape index (κ3) is 3.00. The molecule has 0 atom stereocenters. The predicted molar refractivity (Wildman–Crippen MR) is 83.5 cm³/mol. The molecule has 110 valence electrons. The third-order valence-electron chi connectivity index (χ3n) is 3.47. The Labute approximate surface area is 127 Å². The summed E-state index contributed by atoms with van der Waals surface area (Å²) in [5.74, 6) is 0.233. The van der Waals surface area contributed by atoms with Crippen LogP contribution in [0.15, 0.2) is 29.6 Å². The lowest BCUT2D eigenvalue weighted by molar-refractivity contribution is 0.0594. The van der Waals surface area contributed by atoms with Crippen molar-refractivity contribution in [2.24, 2.45) is 0 Å². The first-order valence-electron chi connectivity index (χ1n) is 6.83. The number of nitrogens with two attached hydrogens (primary N) is 1. The number of carbonyl (C=O) groups excluding carboxylic acids is 1. The molecule has 2 heterocycles. The zero-order valence-corrected chi connectivity index (χ0v) is 12.6. The van der Waals surface area contributed by atoms with Gasteiger partial charge in [-0.15, -0.1) is 11.3 Å². The minimum atomic E-state index is -0.442. The number of hydrogen-bond donors (Lipinski definition) is 1. The van der Waals surface area contributed by atoms with Gasteiger partial charge >= 0.3 is 5.97 Å². The molecule has 1 fully saturated rings. The smallest absolute Gasteiger partial charge is 0.356 e. The molecule has 0 bridgehead atoms. The molecule has 1 aliphatic rings. The summed E-state index contributed by atoms with van der Waals surface area (Å²) in [7, 11) is 1.35. The minimum Gasteiger partial charge on any atom is -0.464 e. The molecule has 0 spiro atoms. The van der Waals surface area contributed by atoms with E-state index >= 15 is 0 Å². The van der Waals surface area contributed by atoms with Gasteiger partial charge in [-0.05, 0) is 36.4 Å². The van der Waals surface area contributed by atoms with Crippen molar-refractivity contribution < 1.29 is 9.53 Å². The second-order valence-corrected chi connectivity index (χ2v) is 6.07. The Kier molecular flexibility index (Phi) is 3.79. The van der Waals surface area contributed by atoms with Gasteiger partial charge in [0.05, 0.1) is 19.3 Å². The van der Waals surface area contributed by atoms with Gasteiger partial charge in [0.25, 0.3) is 0 Å². The van der Waals surface area contributed by atoms with E-state index in [1.807, 2.05) is 6.07 Å². The van der Waals surface area contributed by atoms with E-state index in [1.165, 1.54) is 12.0 Å². The lowest BCUT2D eigenvalue weighted by atomic mass is 10.3. The van der Waals surface area contributed by atoms with Gasteiger partial charge in [0.2, 0.25) is 0 Å². The van der Waals surface area contributed by atoms with Crippen LogP contribution in [0.3, 0.4) is 0 Å². The molecule has 0 amide bonds. The number of rotatable bonds is 5. The van der Waals surface area contributed by atoms with Crippen molar-refractivity contribution in [2.45, 2.75) is 25.4 Å². The van der Waals surface area contributed by atoms with Gasteiger partial charge in [0.1, 0.15) is 0 Å². The Morgan fingerprint density at radius 1 is 1.48 bits per heavy atom. The molecule has 5 nitrogen and oxygen atoms in total. The summed E-state index contributed by atoms with van der Waals surface area (Å²) in [5, 5.41) is 2.06. The van der Waals surface area contributed by atoms with Crippen LogP contribution in [0.25, 0.3) is 0 Å². The highest BCUT2D eigenvalue weighted by atomic mass is 32.1. The first kappa shape index (κ1) is 13.9. The lowest BCUT2D eigenvalue weighted by Gasteiger charge is -2.24. The number of carbonyl (C=O) groups is 1. The van der Waals surface area contributed by atoms with Gasteiger partial charge in [-0.3, -0.25) is 0 Å². The van der Waals surface area contributed by atoms with Gasteiger partial charge < -0.3 is 15.4 Å². The number of hydrogen-bond acceptors (Lipinski definition) is 6. The Morgan fingerprint density at radius 2 is 2.29 bits per heavy atom. The average Bonchev–Trinajstić information content (AvgIpc) is 3.21. The first-order valence-corrected chi connectivity index (χ1v) is 7.71. The van der Waals surface area contributed by atoms with Crippen LogP contribution in [-0.2, 0) is 11.3 Å². The fraction of sp³-hybridized carbons (Fsp3) is 0.333. The van der Waals surface area contributed by atoms with E-state index in [0.29, 0.717) is 23.2 Å². The molecule has 0 aliphatic heterocycles. The number of esters is 1. The fourth-order valence-corrected chi connectivity index (χ4v) is 2.94.